The second kappa shape index (κ2) is 6.32. The molecule has 0 radical (unpaired) electrons. The molecule has 7 heteroatoms. The molecular weight excluding hydrogens is 347 g/mol. The maximum atomic E-state index is 13.3. The van der Waals surface area contributed by atoms with Gasteiger partial charge in [-0.2, -0.15) is 0 Å². The Balaban J connectivity index is 2.14. The monoisotopic (exact) mass is 358 g/mol. The lowest BCUT2D eigenvalue weighted by molar-refractivity contribution is -0.139. The number of nitrogens with one attached hydrogen (secondary N) is 1. The summed E-state index contributed by atoms with van der Waals surface area (Å²) in [4.78, 5) is 15.4. The van der Waals surface area contributed by atoms with Crippen LogP contribution >= 0.6 is 27.3 Å². The van der Waals surface area contributed by atoms with Crippen LogP contribution in [0.25, 0.3) is 0 Å². The van der Waals surface area contributed by atoms with Crippen molar-refractivity contribution in [2.45, 2.75) is 13.3 Å². The van der Waals surface area contributed by atoms with Gasteiger partial charge in [-0.1, -0.05) is 0 Å². The lowest BCUT2D eigenvalue weighted by atomic mass is 10.2. The van der Waals surface area contributed by atoms with E-state index >= 15 is 0 Å². The van der Waals surface area contributed by atoms with Crippen molar-refractivity contribution in [2.75, 3.05) is 12.4 Å². The van der Waals surface area contributed by atoms with Gasteiger partial charge in [0, 0.05) is 11.1 Å². The van der Waals surface area contributed by atoms with E-state index < -0.39 is 0 Å². The van der Waals surface area contributed by atoms with Crippen molar-refractivity contribution < 1.29 is 13.9 Å². The van der Waals surface area contributed by atoms with Crippen LogP contribution in [0, 0.1) is 12.7 Å². The predicted molar refractivity (Wildman–Crippen MR) is 80.0 cm³/mol. The highest BCUT2D eigenvalue weighted by Crippen LogP contribution is 2.28. The molecule has 0 spiro atoms. The fourth-order valence-electron chi connectivity index (χ4n) is 1.56. The summed E-state index contributed by atoms with van der Waals surface area (Å²) < 4.78 is 18.3. The zero-order valence-corrected chi connectivity index (χ0v) is 13.3. The Bertz CT molecular complexity index is 645. The van der Waals surface area contributed by atoms with Crippen LogP contribution in [-0.4, -0.2) is 18.1 Å². The summed E-state index contributed by atoms with van der Waals surface area (Å²) in [7, 11) is 1.34. The number of anilines is 2. The second-order valence-corrected chi connectivity index (χ2v) is 5.82. The van der Waals surface area contributed by atoms with Gasteiger partial charge in [-0.3, -0.25) is 4.79 Å². The molecule has 0 unspecified atom stereocenters. The number of hydrogen-bond acceptors (Lipinski definition) is 5. The number of rotatable bonds is 4. The number of aryl methyl sites for hydroxylation is 1. The molecule has 1 aromatic heterocycles. The molecule has 0 saturated carbocycles. The minimum absolute atomic E-state index is 0.140. The Hall–Kier alpha value is -1.47. The molecule has 1 heterocycles. The number of thiazole rings is 1. The van der Waals surface area contributed by atoms with Crippen molar-refractivity contribution in [3.05, 3.63) is 39.1 Å². The zero-order chi connectivity index (χ0) is 14.7. The standard InChI is InChI=1S/C13H12BrFN2O2S/c1-7-3-10(15)9(14)5-11(7)17-13-16-8(6-20-13)4-12(18)19-2/h3,5-6H,4H2,1-2H3,(H,16,17). The Morgan fingerprint density at radius 1 is 1.55 bits per heavy atom. The van der Waals surface area contributed by atoms with E-state index in [0.29, 0.717) is 15.3 Å². The summed E-state index contributed by atoms with van der Waals surface area (Å²) in [6, 6.07) is 3.10. The van der Waals surface area contributed by atoms with Crippen molar-refractivity contribution in [3.8, 4) is 0 Å². The predicted octanol–water partition coefficient (Wildman–Crippen LogP) is 3.81. The fourth-order valence-corrected chi connectivity index (χ4v) is 2.63. The number of benzene rings is 1. The first-order valence-electron chi connectivity index (χ1n) is 5.73. The van der Waals surface area contributed by atoms with E-state index in [0.717, 1.165) is 11.3 Å². The SMILES string of the molecule is COC(=O)Cc1csc(Nc2cc(Br)c(F)cc2C)n1. The van der Waals surface area contributed by atoms with E-state index in [-0.39, 0.29) is 18.2 Å². The van der Waals surface area contributed by atoms with Crippen molar-refractivity contribution in [3.63, 3.8) is 0 Å². The Labute approximate surface area is 128 Å². The second-order valence-electron chi connectivity index (χ2n) is 4.10. The minimum atomic E-state index is -0.331. The Morgan fingerprint density at radius 2 is 2.30 bits per heavy atom. The van der Waals surface area contributed by atoms with E-state index in [9.17, 15) is 9.18 Å². The summed E-state index contributed by atoms with van der Waals surface area (Å²) in [5, 5.41) is 5.54. The summed E-state index contributed by atoms with van der Waals surface area (Å²) in [6.07, 6.45) is 0.140. The van der Waals surface area contributed by atoms with Gasteiger partial charge < -0.3 is 10.1 Å². The van der Waals surface area contributed by atoms with Crippen LogP contribution in [0.15, 0.2) is 22.0 Å². The molecule has 0 bridgehead atoms. The van der Waals surface area contributed by atoms with Gasteiger partial charge in [0.15, 0.2) is 5.13 Å². The maximum absolute atomic E-state index is 13.3. The summed E-state index contributed by atoms with van der Waals surface area (Å²) in [6.45, 7) is 1.81. The number of aromatic nitrogens is 1. The van der Waals surface area contributed by atoms with Crippen molar-refractivity contribution in [2.24, 2.45) is 0 Å². The molecular formula is C13H12BrFN2O2S. The van der Waals surface area contributed by atoms with E-state index in [1.54, 1.807) is 18.4 Å². The fraction of sp³-hybridized carbons (Fsp3) is 0.231. The molecule has 20 heavy (non-hydrogen) atoms. The molecule has 0 saturated heterocycles. The molecule has 2 rings (SSSR count). The quantitative estimate of drug-likeness (QED) is 0.844. The van der Waals surface area contributed by atoms with Crippen molar-refractivity contribution >= 4 is 44.1 Å². The molecule has 106 valence electrons. The van der Waals surface area contributed by atoms with E-state index in [1.807, 2.05) is 0 Å². The zero-order valence-electron chi connectivity index (χ0n) is 10.9. The van der Waals surface area contributed by atoms with Crippen LogP contribution in [-0.2, 0) is 16.0 Å². The Morgan fingerprint density at radius 3 is 3.00 bits per heavy atom. The number of ether oxygens (including phenoxy) is 1. The molecule has 0 aliphatic heterocycles. The van der Waals surface area contributed by atoms with Crippen LogP contribution in [0.2, 0.25) is 0 Å². The number of nitrogens with zero attached hydrogens (tertiary/aromatic N) is 1. The first kappa shape index (κ1) is 14.9. The van der Waals surface area contributed by atoms with E-state index in [4.69, 9.17) is 0 Å². The number of hydrogen-bond donors (Lipinski definition) is 1. The van der Waals surface area contributed by atoms with Gasteiger partial charge in [0.1, 0.15) is 5.82 Å². The Kier molecular flexibility index (Phi) is 4.72. The molecule has 1 N–H and O–H groups in total. The van der Waals surface area contributed by atoms with E-state index in [2.05, 4.69) is 31.0 Å². The molecule has 0 atom stereocenters. The van der Waals surface area contributed by atoms with Crippen LogP contribution in [0.1, 0.15) is 11.3 Å². The van der Waals surface area contributed by atoms with Gasteiger partial charge >= 0.3 is 5.97 Å². The number of halogens is 2. The number of methoxy groups -OCH3 is 1. The topological polar surface area (TPSA) is 51.2 Å². The molecule has 0 fully saturated rings. The van der Waals surface area contributed by atoms with Gasteiger partial charge in [-0.15, -0.1) is 11.3 Å². The van der Waals surface area contributed by atoms with Crippen LogP contribution < -0.4 is 5.32 Å². The number of esters is 1. The average Bonchev–Trinajstić information content (AvgIpc) is 2.83. The third-order valence-electron chi connectivity index (χ3n) is 2.61. The number of carbonyl (C=O) groups excluding carboxylic acids is 1. The molecule has 2 aromatic rings. The highest BCUT2D eigenvalue weighted by molar-refractivity contribution is 9.10. The van der Waals surface area contributed by atoms with Gasteiger partial charge in [0.2, 0.25) is 0 Å². The number of carbonyl (C=O) groups is 1. The third kappa shape index (κ3) is 3.55. The molecule has 0 amide bonds. The van der Waals surface area contributed by atoms with Gasteiger partial charge in [0.05, 0.1) is 23.7 Å². The molecule has 4 nitrogen and oxygen atoms in total. The summed E-state index contributed by atoms with van der Waals surface area (Å²) >= 11 is 4.52. The van der Waals surface area contributed by atoms with Crippen LogP contribution in [0.4, 0.5) is 15.2 Å². The molecule has 0 aliphatic rings. The summed E-state index contributed by atoms with van der Waals surface area (Å²) in [5.74, 6) is -0.638. The summed E-state index contributed by atoms with van der Waals surface area (Å²) in [5.41, 5.74) is 2.18. The minimum Gasteiger partial charge on any atom is -0.469 e. The van der Waals surface area contributed by atoms with Gasteiger partial charge in [-0.05, 0) is 40.5 Å². The highest BCUT2D eigenvalue weighted by atomic mass is 79.9. The van der Waals surface area contributed by atoms with Gasteiger partial charge in [-0.25, -0.2) is 9.37 Å². The van der Waals surface area contributed by atoms with Crippen LogP contribution in [0.3, 0.4) is 0 Å². The van der Waals surface area contributed by atoms with Crippen molar-refractivity contribution in [1.82, 2.24) is 4.98 Å². The van der Waals surface area contributed by atoms with E-state index in [1.165, 1.54) is 24.5 Å². The van der Waals surface area contributed by atoms with Crippen molar-refractivity contribution in [1.29, 1.82) is 0 Å². The lowest BCUT2D eigenvalue weighted by Crippen LogP contribution is -2.04. The first-order valence-corrected chi connectivity index (χ1v) is 7.40. The molecule has 0 aliphatic carbocycles. The lowest BCUT2D eigenvalue weighted by Gasteiger charge is -2.08. The average molecular weight is 359 g/mol. The van der Waals surface area contributed by atoms with Gasteiger partial charge in [0.25, 0.3) is 0 Å². The maximum Gasteiger partial charge on any atom is 0.311 e. The largest absolute Gasteiger partial charge is 0.469 e. The first-order chi connectivity index (χ1) is 9.49. The highest BCUT2D eigenvalue weighted by Gasteiger charge is 2.10. The molecule has 1 aromatic carbocycles. The normalized spacial score (nSPS) is 10.4. The van der Waals surface area contributed by atoms with Crippen LogP contribution in [0.5, 0.6) is 0 Å². The third-order valence-corrected chi connectivity index (χ3v) is 4.03. The smallest absolute Gasteiger partial charge is 0.311 e.